The number of nitrogens with zero attached hydrogens (tertiary/aromatic N) is 3. The molecule has 1 fully saturated rings. The van der Waals surface area contributed by atoms with Crippen LogP contribution in [0.1, 0.15) is 30.9 Å². The van der Waals surface area contributed by atoms with Crippen molar-refractivity contribution in [3.63, 3.8) is 0 Å². The number of para-hydroxylation sites is 3. The monoisotopic (exact) mass is 360 g/mol. The maximum Gasteiger partial charge on any atom is 0.253 e. The number of nitrogens with one attached hydrogen (secondary N) is 1. The first-order chi connectivity index (χ1) is 13.1. The second kappa shape index (κ2) is 5.94. The van der Waals surface area contributed by atoms with Crippen LogP contribution in [0.2, 0.25) is 0 Å². The van der Waals surface area contributed by atoms with E-state index in [9.17, 15) is 9.59 Å². The van der Waals surface area contributed by atoms with Gasteiger partial charge in [0.25, 0.3) is 5.91 Å². The van der Waals surface area contributed by atoms with Crippen LogP contribution >= 0.6 is 0 Å². The first-order valence-electron chi connectivity index (χ1n) is 9.29. The highest BCUT2D eigenvalue weighted by atomic mass is 16.2. The van der Waals surface area contributed by atoms with Crippen molar-refractivity contribution < 1.29 is 9.59 Å². The summed E-state index contributed by atoms with van der Waals surface area (Å²) in [5.41, 5.74) is 3.53. The Morgan fingerprint density at radius 1 is 1.15 bits per heavy atom. The van der Waals surface area contributed by atoms with E-state index >= 15 is 0 Å². The van der Waals surface area contributed by atoms with E-state index in [1.165, 1.54) is 0 Å². The Labute approximate surface area is 156 Å². The molecule has 5 rings (SSSR count). The van der Waals surface area contributed by atoms with Crippen LogP contribution in [0.25, 0.3) is 11.0 Å². The molecule has 0 bridgehead atoms. The van der Waals surface area contributed by atoms with Crippen molar-refractivity contribution in [1.29, 1.82) is 0 Å². The van der Waals surface area contributed by atoms with Crippen molar-refractivity contribution in [3.05, 3.63) is 54.1 Å². The molecule has 1 N–H and O–H groups in total. The summed E-state index contributed by atoms with van der Waals surface area (Å²) in [6, 6.07) is 15.1. The summed E-state index contributed by atoms with van der Waals surface area (Å²) >= 11 is 0. The number of aryl methyl sites for hydroxylation is 1. The molecule has 6 heteroatoms. The Morgan fingerprint density at radius 2 is 1.89 bits per heavy atom. The van der Waals surface area contributed by atoms with Gasteiger partial charge in [-0.2, -0.15) is 0 Å². The molecule has 1 aliphatic heterocycles. The Morgan fingerprint density at radius 3 is 2.67 bits per heavy atom. The lowest BCUT2D eigenvalue weighted by molar-refractivity contribution is -0.124. The summed E-state index contributed by atoms with van der Waals surface area (Å²) in [5, 5.41) is 2.94. The van der Waals surface area contributed by atoms with Gasteiger partial charge in [-0.1, -0.05) is 30.3 Å². The lowest BCUT2D eigenvalue weighted by Gasteiger charge is -2.15. The minimum absolute atomic E-state index is 0.0225. The Bertz CT molecular complexity index is 1070. The number of benzene rings is 2. The Hall–Kier alpha value is -3.15. The minimum Gasteiger partial charge on any atom is -0.326 e. The lowest BCUT2D eigenvalue weighted by Crippen LogP contribution is -2.33. The van der Waals surface area contributed by atoms with Gasteiger partial charge in [-0.15, -0.1) is 0 Å². The van der Waals surface area contributed by atoms with E-state index in [-0.39, 0.29) is 24.3 Å². The summed E-state index contributed by atoms with van der Waals surface area (Å²) in [5.74, 6) is 0.493. The predicted octanol–water partition coefficient (Wildman–Crippen LogP) is 3.42. The molecule has 136 valence electrons. The number of hydrogen-bond acceptors (Lipinski definition) is 3. The van der Waals surface area contributed by atoms with Crippen LogP contribution in [-0.4, -0.2) is 27.4 Å². The van der Waals surface area contributed by atoms with Crippen LogP contribution in [0.3, 0.4) is 0 Å². The third-order valence-corrected chi connectivity index (χ3v) is 5.34. The van der Waals surface area contributed by atoms with Crippen LogP contribution in [0.4, 0.5) is 11.6 Å². The van der Waals surface area contributed by atoms with Crippen molar-refractivity contribution in [1.82, 2.24) is 9.55 Å². The van der Waals surface area contributed by atoms with Gasteiger partial charge in [0.1, 0.15) is 6.04 Å². The molecule has 0 saturated heterocycles. The van der Waals surface area contributed by atoms with E-state index < -0.39 is 6.04 Å². The highest BCUT2D eigenvalue weighted by molar-refractivity contribution is 6.05. The average molecular weight is 360 g/mol. The van der Waals surface area contributed by atoms with Crippen molar-refractivity contribution >= 4 is 34.5 Å². The van der Waals surface area contributed by atoms with Gasteiger partial charge >= 0.3 is 0 Å². The molecule has 0 spiro atoms. The number of hydrogen-bond donors (Lipinski definition) is 1. The maximum atomic E-state index is 13.1. The summed E-state index contributed by atoms with van der Waals surface area (Å²) in [6.45, 7) is 1.95. The van der Waals surface area contributed by atoms with Crippen LogP contribution < -0.4 is 10.2 Å². The molecule has 6 nitrogen and oxygen atoms in total. The molecule has 2 aromatic carbocycles. The quantitative estimate of drug-likeness (QED) is 0.775. The standard InChI is InChI=1S/C21H20N4O2/c1-13-6-2-3-7-15(13)22-19(26)12-18-20(27)24(14-10-11-14)21-23-16-8-4-5-9-17(16)25(18)21/h2-9,14,18H,10-12H2,1H3,(H,22,26)/t18-/m1/s1. The van der Waals surface area contributed by atoms with Crippen molar-refractivity contribution in [3.8, 4) is 0 Å². The molecular weight excluding hydrogens is 340 g/mol. The highest BCUT2D eigenvalue weighted by Crippen LogP contribution is 2.42. The number of amides is 2. The molecule has 3 aromatic rings. The first-order valence-corrected chi connectivity index (χ1v) is 9.29. The molecule has 27 heavy (non-hydrogen) atoms. The predicted molar refractivity (Wildman–Crippen MR) is 104 cm³/mol. The van der Waals surface area contributed by atoms with Crippen LogP contribution in [0.15, 0.2) is 48.5 Å². The first kappa shape index (κ1) is 16.1. The number of imidazole rings is 1. The number of carbonyl (C=O) groups is 2. The summed E-state index contributed by atoms with van der Waals surface area (Å²) in [4.78, 5) is 32.3. The molecule has 1 aliphatic carbocycles. The highest BCUT2D eigenvalue weighted by Gasteiger charge is 2.47. The molecule has 1 aromatic heterocycles. The maximum absolute atomic E-state index is 13.1. The van der Waals surface area contributed by atoms with Crippen molar-refractivity contribution in [2.75, 3.05) is 10.2 Å². The minimum atomic E-state index is -0.544. The summed E-state index contributed by atoms with van der Waals surface area (Å²) < 4.78 is 1.94. The van der Waals surface area contributed by atoms with Crippen LogP contribution in [-0.2, 0) is 9.59 Å². The van der Waals surface area contributed by atoms with E-state index in [1.54, 1.807) is 4.90 Å². The van der Waals surface area contributed by atoms with Gasteiger partial charge < -0.3 is 5.32 Å². The second-order valence-electron chi connectivity index (χ2n) is 7.29. The zero-order valence-corrected chi connectivity index (χ0v) is 15.1. The van der Waals surface area contributed by atoms with Gasteiger partial charge in [0.15, 0.2) is 0 Å². The summed E-state index contributed by atoms with van der Waals surface area (Å²) in [6.07, 6.45) is 2.10. The largest absolute Gasteiger partial charge is 0.326 e. The molecule has 1 saturated carbocycles. The van der Waals surface area contributed by atoms with Gasteiger partial charge in [0, 0.05) is 11.7 Å². The number of anilines is 2. The average Bonchev–Trinajstić information content (AvgIpc) is 3.36. The smallest absolute Gasteiger partial charge is 0.253 e. The third-order valence-electron chi connectivity index (χ3n) is 5.34. The Kier molecular flexibility index (Phi) is 3.53. The molecule has 0 unspecified atom stereocenters. The zero-order valence-electron chi connectivity index (χ0n) is 15.1. The number of fused-ring (bicyclic) bond motifs is 3. The fraction of sp³-hybridized carbons (Fsp3) is 0.286. The van der Waals surface area contributed by atoms with E-state index in [0.29, 0.717) is 5.95 Å². The van der Waals surface area contributed by atoms with Gasteiger partial charge in [0.2, 0.25) is 11.9 Å². The summed E-state index contributed by atoms with van der Waals surface area (Å²) in [7, 11) is 0. The molecule has 2 heterocycles. The molecule has 2 aliphatic rings. The van der Waals surface area contributed by atoms with E-state index in [2.05, 4.69) is 10.3 Å². The number of rotatable bonds is 4. The zero-order chi connectivity index (χ0) is 18.5. The molecule has 0 radical (unpaired) electrons. The second-order valence-corrected chi connectivity index (χ2v) is 7.29. The fourth-order valence-electron chi connectivity index (χ4n) is 3.82. The van der Waals surface area contributed by atoms with Gasteiger partial charge in [0.05, 0.1) is 17.5 Å². The van der Waals surface area contributed by atoms with E-state index in [1.807, 2.05) is 60.0 Å². The molecule has 1 atom stereocenters. The van der Waals surface area contributed by atoms with Crippen LogP contribution in [0.5, 0.6) is 0 Å². The van der Waals surface area contributed by atoms with Gasteiger partial charge in [-0.3, -0.25) is 19.1 Å². The normalized spacial score (nSPS) is 18.8. The Balaban J connectivity index is 1.48. The topological polar surface area (TPSA) is 67.2 Å². The van der Waals surface area contributed by atoms with E-state index in [0.717, 1.165) is 35.1 Å². The number of carbonyl (C=O) groups excluding carboxylic acids is 2. The van der Waals surface area contributed by atoms with Gasteiger partial charge in [-0.05, 0) is 43.5 Å². The van der Waals surface area contributed by atoms with Crippen molar-refractivity contribution in [2.45, 2.75) is 38.3 Å². The lowest BCUT2D eigenvalue weighted by atomic mass is 10.1. The molecular formula is C21H20N4O2. The third kappa shape index (κ3) is 2.60. The SMILES string of the molecule is Cc1ccccc1NC(=O)C[C@@H]1C(=O)N(C2CC2)c2nc3ccccc3n21. The van der Waals surface area contributed by atoms with E-state index in [4.69, 9.17) is 0 Å². The fourth-order valence-corrected chi connectivity index (χ4v) is 3.82. The van der Waals surface area contributed by atoms with Gasteiger partial charge in [-0.25, -0.2) is 4.98 Å². The van der Waals surface area contributed by atoms with Crippen LogP contribution in [0, 0.1) is 6.92 Å². The van der Waals surface area contributed by atoms with Crippen molar-refractivity contribution in [2.24, 2.45) is 0 Å². The molecule has 2 amide bonds. The number of aromatic nitrogens is 2.